The number of methoxy groups -OCH3 is 1. The van der Waals surface area contributed by atoms with Crippen molar-refractivity contribution in [1.29, 1.82) is 0 Å². The normalized spacial score (nSPS) is 10.6. The summed E-state index contributed by atoms with van der Waals surface area (Å²) in [5.74, 6) is 0.383. The number of rotatable bonds is 4. The van der Waals surface area contributed by atoms with Crippen LogP contribution in [0.4, 0.5) is 0 Å². The molecule has 5 heteroatoms. The van der Waals surface area contributed by atoms with Gasteiger partial charge in [-0.05, 0) is 37.3 Å². The Morgan fingerprint density at radius 3 is 2.89 bits per heavy atom. The van der Waals surface area contributed by atoms with Crippen molar-refractivity contribution in [2.75, 3.05) is 7.11 Å². The predicted molar refractivity (Wildman–Crippen MR) is 77.1 cm³/mol. The van der Waals surface area contributed by atoms with Crippen molar-refractivity contribution in [3.05, 3.63) is 51.7 Å². The third kappa shape index (κ3) is 3.66. The molecule has 1 heterocycles. The van der Waals surface area contributed by atoms with E-state index < -0.39 is 0 Å². The molecule has 0 aliphatic rings. The molecule has 0 fully saturated rings. The Morgan fingerprint density at radius 1 is 1.37 bits per heavy atom. The third-order valence-corrected chi connectivity index (χ3v) is 3.39. The molecule has 98 valence electrons. The highest BCUT2D eigenvalue weighted by molar-refractivity contribution is 7.13. The summed E-state index contributed by atoms with van der Waals surface area (Å²) in [6.45, 7) is 2.02. The molecule has 1 amide bonds. The Bertz CT molecular complexity index is 605. The number of carbonyl (C=O) groups excluding carboxylic acids is 1. The van der Waals surface area contributed by atoms with Crippen LogP contribution in [0.5, 0.6) is 5.75 Å². The first-order chi connectivity index (χ1) is 9.19. The van der Waals surface area contributed by atoms with Gasteiger partial charge in [0.25, 0.3) is 5.91 Å². The van der Waals surface area contributed by atoms with Crippen molar-refractivity contribution < 1.29 is 9.53 Å². The summed E-state index contributed by atoms with van der Waals surface area (Å²) in [6.07, 6.45) is 1.63. The third-order valence-electron chi connectivity index (χ3n) is 2.45. The Hall–Kier alpha value is -2.14. The molecule has 19 heavy (non-hydrogen) atoms. The number of benzene rings is 1. The molecule has 1 aromatic carbocycles. The van der Waals surface area contributed by atoms with E-state index in [1.54, 1.807) is 48.9 Å². The lowest BCUT2D eigenvalue weighted by atomic mass is 10.2. The maximum atomic E-state index is 11.8. The minimum atomic E-state index is -0.261. The summed E-state index contributed by atoms with van der Waals surface area (Å²) in [4.78, 5) is 14.0. The summed E-state index contributed by atoms with van der Waals surface area (Å²) >= 11 is 1.62. The fourth-order valence-corrected chi connectivity index (χ4v) is 2.26. The van der Waals surface area contributed by atoms with Gasteiger partial charge in [-0.2, -0.15) is 5.10 Å². The number of nitrogens with one attached hydrogen (secondary N) is 1. The minimum Gasteiger partial charge on any atom is -0.497 e. The van der Waals surface area contributed by atoms with E-state index in [4.69, 9.17) is 4.74 Å². The molecule has 0 saturated heterocycles. The number of hydrogen-bond acceptors (Lipinski definition) is 4. The Morgan fingerprint density at radius 2 is 2.21 bits per heavy atom. The predicted octanol–water partition coefficient (Wildman–Crippen LogP) is 2.83. The van der Waals surface area contributed by atoms with Crippen LogP contribution in [0.3, 0.4) is 0 Å². The summed E-state index contributed by atoms with van der Waals surface area (Å²) in [7, 11) is 1.56. The molecule has 1 N–H and O–H groups in total. The molecule has 0 radical (unpaired) electrons. The maximum Gasteiger partial charge on any atom is 0.271 e. The van der Waals surface area contributed by atoms with Gasteiger partial charge in [-0.3, -0.25) is 4.79 Å². The highest BCUT2D eigenvalue weighted by atomic mass is 32.1. The van der Waals surface area contributed by atoms with Crippen molar-refractivity contribution >= 4 is 23.5 Å². The summed E-state index contributed by atoms with van der Waals surface area (Å²) in [5.41, 5.74) is 3.00. The second kappa shape index (κ2) is 6.15. The van der Waals surface area contributed by atoms with Crippen molar-refractivity contribution in [3.8, 4) is 5.75 Å². The van der Waals surface area contributed by atoms with Gasteiger partial charge >= 0.3 is 0 Å². The second-order valence-corrected chi connectivity index (χ2v) is 5.20. The molecule has 0 spiro atoms. The summed E-state index contributed by atoms with van der Waals surface area (Å²) in [5, 5.41) is 3.93. The molecular weight excluding hydrogens is 260 g/mol. The van der Waals surface area contributed by atoms with Crippen molar-refractivity contribution in [2.24, 2.45) is 5.10 Å². The zero-order valence-electron chi connectivity index (χ0n) is 10.7. The molecular formula is C14H14N2O2S. The van der Waals surface area contributed by atoms with Gasteiger partial charge in [-0.15, -0.1) is 11.3 Å². The summed E-state index contributed by atoms with van der Waals surface area (Å²) < 4.78 is 5.06. The molecule has 0 bridgehead atoms. The first kappa shape index (κ1) is 13.3. The molecule has 0 atom stereocenters. The van der Waals surface area contributed by atoms with Gasteiger partial charge in [-0.25, -0.2) is 5.43 Å². The number of hydrazone groups is 1. The average Bonchev–Trinajstić information content (AvgIpc) is 2.84. The molecule has 0 saturated carbocycles. The van der Waals surface area contributed by atoms with E-state index in [1.165, 1.54) is 4.88 Å². The molecule has 0 unspecified atom stereocenters. The molecule has 4 nitrogen and oxygen atoms in total. The fourth-order valence-electron chi connectivity index (χ4n) is 1.51. The van der Waals surface area contributed by atoms with Gasteiger partial charge < -0.3 is 4.74 Å². The van der Waals surface area contributed by atoms with E-state index in [1.807, 2.05) is 19.1 Å². The number of aryl methyl sites for hydroxylation is 1. The number of ether oxygens (including phenoxy) is 1. The first-order valence-corrected chi connectivity index (χ1v) is 6.54. The number of nitrogens with zero attached hydrogens (tertiary/aromatic N) is 1. The molecule has 2 rings (SSSR count). The lowest BCUT2D eigenvalue weighted by Crippen LogP contribution is -2.17. The average molecular weight is 274 g/mol. The van der Waals surface area contributed by atoms with E-state index in [0.717, 1.165) is 4.88 Å². The Labute approximate surface area is 115 Å². The van der Waals surface area contributed by atoms with Crippen LogP contribution in [0.15, 0.2) is 41.5 Å². The lowest BCUT2D eigenvalue weighted by molar-refractivity contribution is 0.0955. The van der Waals surface area contributed by atoms with Crippen LogP contribution in [-0.2, 0) is 0 Å². The van der Waals surface area contributed by atoms with Crippen LogP contribution in [0, 0.1) is 6.92 Å². The lowest BCUT2D eigenvalue weighted by Gasteiger charge is -2.02. The van der Waals surface area contributed by atoms with E-state index in [9.17, 15) is 4.79 Å². The van der Waals surface area contributed by atoms with Gasteiger partial charge in [0.15, 0.2) is 0 Å². The van der Waals surface area contributed by atoms with Crippen LogP contribution in [0.1, 0.15) is 20.1 Å². The molecule has 0 aliphatic heterocycles. The van der Waals surface area contributed by atoms with Gasteiger partial charge in [0.05, 0.1) is 13.3 Å². The number of carbonyl (C=O) groups is 1. The van der Waals surface area contributed by atoms with Crippen LogP contribution < -0.4 is 10.2 Å². The minimum absolute atomic E-state index is 0.261. The number of thiophene rings is 1. The zero-order valence-corrected chi connectivity index (χ0v) is 11.5. The Kier molecular flexibility index (Phi) is 4.30. The highest BCUT2D eigenvalue weighted by Crippen LogP contribution is 2.13. The maximum absolute atomic E-state index is 11.8. The Balaban J connectivity index is 1.99. The largest absolute Gasteiger partial charge is 0.497 e. The zero-order chi connectivity index (χ0) is 13.7. The molecule has 0 aliphatic carbocycles. The van der Waals surface area contributed by atoms with Crippen molar-refractivity contribution in [1.82, 2.24) is 5.43 Å². The van der Waals surface area contributed by atoms with Crippen molar-refractivity contribution in [2.45, 2.75) is 6.92 Å². The van der Waals surface area contributed by atoms with Gasteiger partial charge in [0.1, 0.15) is 5.75 Å². The van der Waals surface area contributed by atoms with Gasteiger partial charge in [0, 0.05) is 15.3 Å². The quantitative estimate of drug-likeness (QED) is 0.688. The second-order valence-electron chi connectivity index (χ2n) is 3.88. The van der Waals surface area contributed by atoms with Crippen molar-refractivity contribution in [3.63, 3.8) is 0 Å². The van der Waals surface area contributed by atoms with E-state index in [2.05, 4.69) is 10.5 Å². The van der Waals surface area contributed by atoms with E-state index in [-0.39, 0.29) is 5.91 Å². The van der Waals surface area contributed by atoms with E-state index in [0.29, 0.717) is 11.3 Å². The number of hydrogen-bond donors (Lipinski definition) is 1. The van der Waals surface area contributed by atoms with E-state index >= 15 is 0 Å². The monoisotopic (exact) mass is 274 g/mol. The molecule has 2 aromatic rings. The summed E-state index contributed by atoms with van der Waals surface area (Å²) in [6, 6.07) is 10.9. The van der Waals surface area contributed by atoms with Gasteiger partial charge in [-0.1, -0.05) is 6.07 Å². The van der Waals surface area contributed by atoms with Gasteiger partial charge in [0.2, 0.25) is 0 Å². The number of amides is 1. The fraction of sp³-hybridized carbons (Fsp3) is 0.143. The molecule has 1 aromatic heterocycles. The highest BCUT2D eigenvalue weighted by Gasteiger charge is 2.04. The first-order valence-electron chi connectivity index (χ1n) is 5.73. The SMILES string of the molecule is COc1cccc(C(=O)NN=Cc2ccc(C)s2)c1. The van der Waals surface area contributed by atoms with Crippen LogP contribution in [0.2, 0.25) is 0 Å². The topological polar surface area (TPSA) is 50.7 Å². The van der Waals surface area contributed by atoms with Crippen LogP contribution in [-0.4, -0.2) is 19.2 Å². The standard InChI is InChI=1S/C14H14N2O2S/c1-10-6-7-13(19-10)9-15-16-14(17)11-4-3-5-12(8-11)18-2/h3-9H,1-2H3,(H,16,17). The smallest absolute Gasteiger partial charge is 0.271 e. The van der Waals surface area contributed by atoms with Crippen LogP contribution in [0.25, 0.3) is 0 Å². The van der Waals surface area contributed by atoms with Crippen LogP contribution >= 0.6 is 11.3 Å².